The highest BCUT2D eigenvalue weighted by Crippen LogP contribution is 2.38. The van der Waals surface area contributed by atoms with Crippen LogP contribution in [-0.4, -0.2) is 26.9 Å². The molecule has 0 aliphatic carbocycles. The van der Waals surface area contributed by atoms with Gasteiger partial charge in [-0.3, -0.25) is 9.59 Å². The van der Waals surface area contributed by atoms with E-state index in [2.05, 4.69) is 4.98 Å². The van der Waals surface area contributed by atoms with Gasteiger partial charge in [-0.1, -0.05) is 23.7 Å². The third-order valence-corrected chi connectivity index (χ3v) is 5.70. The zero-order valence-electron chi connectivity index (χ0n) is 16.3. The van der Waals surface area contributed by atoms with Gasteiger partial charge in [-0.2, -0.15) is 0 Å². The molecule has 31 heavy (non-hydrogen) atoms. The van der Waals surface area contributed by atoms with Gasteiger partial charge in [0.05, 0.1) is 23.3 Å². The lowest BCUT2D eigenvalue weighted by molar-refractivity contribution is 0.0723. The highest BCUT2D eigenvalue weighted by atomic mass is 35.5. The summed E-state index contributed by atoms with van der Waals surface area (Å²) in [6.45, 7) is 1.06. The van der Waals surface area contributed by atoms with Gasteiger partial charge in [0.2, 0.25) is 5.76 Å². The Morgan fingerprint density at radius 3 is 2.77 bits per heavy atom. The van der Waals surface area contributed by atoms with E-state index in [0.717, 1.165) is 6.07 Å². The van der Waals surface area contributed by atoms with E-state index in [1.165, 1.54) is 12.1 Å². The minimum absolute atomic E-state index is 0.00304. The summed E-state index contributed by atoms with van der Waals surface area (Å²) in [7, 11) is 0. The highest BCUT2D eigenvalue weighted by molar-refractivity contribution is 6.30. The standard InChI is InChI=1S/C23H17ClFN3O3/c24-15-4-1-3-14(11-15)20-19-21(29)17-12-16(25)5-6-18(17)31-22(19)23(30)28(20)9-2-8-27-10-7-26-13-27/h1,3-7,10-13,20H,2,8-9H2. The molecule has 1 atom stereocenters. The van der Waals surface area contributed by atoms with Crippen LogP contribution in [0.5, 0.6) is 0 Å². The number of rotatable bonds is 5. The van der Waals surface area contributed by atoms with E-state index in [-0.39, 0.29) is 28.2 Å². The maximum atomic E-state index is 13.8. The Labute approximate surface area is 181 Å². The van der Waals surface area contributed by atoms with Crippen LogP contribution in [0.3, 0.4) is 0 Å². The second kappa shape index (κ2) is 7.67. The first-order valence-electron chi connectivity index (χ1n) is 9.81. The molecule has 0 saturated heterocycles. The molecule has 1 amide bonds. The Morgan fingerprint density at radius 2 is 2.00 bits per heavy atom. The van der Waals surface area contributed by atoms with E-state index >= 15 is 0 Å². The molecule has 1 aliphatic rings. The highest BCUT2D eigenvalue weighted by Gasteiger charge is 2.42. The molecule has 156 valence electrons. The fraction of sp³-hybridized carbons (Fsp3) is 0.174. The Bertz CT molecular complexity index is 1350. The predicted molar refractivity (Wildman–Crippen MR) is 114 cm³/mol. The summed E-state index contributed by atoms with van der Waals surface area (Å²) in [6, 6.07) is 10.1. The number of aromatic nitrogens is 2. The number of halogens is 2. The monoisotopic (exact) mass is 437 g/mol. The molecule has 1 aliphatic heterocycles. The number of carbonyl (C=O) groups excluding carboxylic acids is 1. The largest absolute Gasteiger partial charge is 0.450 e. The van der Waals surface area contributed by atoms with Gasteiger partial charge in [0.15, 0.2) is 5.43 Å². The summed E-state index contributed by atoms with van der Waals surface area (Å²) in [5.74, 6) is -0.911. The topological polar surface area (TPSA) is 68.3 Å². The quantitative estimate of drug-likeness (QED) is 0.463. The van der Waals surface area contributed by atoms with Gasteiger partial charge in [-0.05, 0) is 42.3 Å². The van der Waals surface area contributed by atoms with Crippen LogP contribution in [0.4, 0.5) is 4.39 Å². The summed E-state index contributed by atoms with van der Waals surface area (Å²) in [5.41, 5.74) is 0.688. The van der Waals surface area contributed by atoms with Gasteiger partial charge in [-0.15, -0.1) is 0 Å². The van der Waals surface area contributed by atoms with Crippen molar-refractivity contribution in [3.8, 4) is 0 Å². The third-order valence-electron chi connectivity index (χ3n) is 5.47. The average Bonchev–Trinajstić information content (AvgIpc) is 3.36. The fourth-order valence-electron chi connectivity index (χ4n) is 4.09. The van der Waals surface area contributed by atoms with E-state index < -0.39 is 17.3 Å². The molecule has 0 bridgehead atoms. The van der Waals surface area contributed by atoms with E-state index in [1.54, 1.807) is 35.6 Å². The number of benzene rings is 2. The van der Waals surface area contributed by atoms with Crippen molar-refractivity contribution in [2.75, 3.05) is 6.54 Å². The van der Waals surface area contributed by atoms with Crippen molar-refractivity contribution in [1.29, 1.82) is 0 Å². The molecule has 1 unspecified atom stereocenters. The molecule has 0 saturated carbocycles. The van der Waals surface area contributed by atoms with Crippen molar-refractivity contribution in [1.82, 2.24) is 14.5 Å². The average molecular weight is 438 g/mol. The van der Waals surface area contributed by atoms with Crippen LogP contribution in [-0.2, 0) is 6.54 Å². The van der Waals surface area contributed by atoms with Crippen molar-refractivity contribution in [3.05, 3.63) is 99.1 Å². The lowest BCUT2D eigenvalue weighted by Gasteiger charge is -2.25. The van der Waals surface area contributed by atoms with E-state index in [4.69, 9.17) is 16.0 Å². The number of amides is 1. The van der Waals surface area contributed by atoms with Gasteiger partial charge in [0.25, 0.3) is 5.91 Å². The molecular formula is C23H17ClFN3O3. The molecule has 0 spiro atoms. The summed E-state index contributed by atoms with van der Waals surface area (Å²) in [6.07, 6.45) is 5.90. The number of imidazole rings is 1. The summed E-state index contributed by atoms with van der Waals surface area (Å²) in [5, 5.41) is 0.604. The second-order valence-electron chi connectivity index (χ2n) is 7.42. The lowest BCUT2D eigenvalue weighted by atomic mass is 9.98. The van der Waals surface area contributed by atoms with Gasteiger partial charge >= 0.3 is 0 Å². The van der Waals surface area contributed by atoms with Gasteiger partial charge in [0.1, 0.15) is 11.4 Å². The smallest absolute Gasteiger partial charge is 0.290 e. The van der Waals surface area contributed by atoms with Crippen LogP contribution in [0.1, 0.15) is 34.1 Å². The minimum Gasteiger partial charge on any atom is -0.450 e. The van der Waals surface area contributed by atoms with Crippen LogP contribution < -0.4 is 5.43 Å². The second-order valence-corrected chi connectivity index (χ2v) is 7.86. The Hall–Kier alpha value is -3.45. The summed E-state index contributed by atoms with van der Waals surface area (Å²) < 4.78 is 21.5. The van der Waals surface area contributed by atoms with Gasteiger partial charge < -0.3 is 13.9 Å². The van der Waals surface area contributed by atoms with Crippen molar-refractivity contribution < 1.29 is 13.6 Å². The first-order valence-corrected chi connectivity index (χ1v) is 10.2. The first kappa shape index (κ1) is 19.5. The van der Waals surface area contributed by atoms with Crippen molar-refractivity contribution in [3.63, 3.8) is 0 Å². The molecule has 2 aromatic heterocycles. The molecule has 3 heterocycles. The summed E-state index contributed by atoms with van der Waals surface area (Å²) in [4.78, 5) is 32.3. The normalized spacial score (nSPS) is 15.6. The van der Waals surface area contributed by atoms with Crippen LogP contribution in [0.2, 0.25) is 5.02 Å². The number of hydrogen-bond acceptors (Lipinski definition) is 4. The molecule has 0 N–H and O–H groups in total. The zero-order valence-corrected chi connectivity index (χ0v) is 17.1. The van der Waals surface area contributed by atoms with E-state index in [9.17, 15) is 14.0 Å². The van der Waals surface area contributed by atoms with Crippen LogP contribution in [0.25, 0.3) is 11.0 Å². The van der Waals surface area contributed by atoms with Crippen LogP contribution in [0, 0.1) is 5.82 Å². The fourth-order valence-corrected chi connectivity index (χ4v) is 4.29. The molecule has 2 aromatic carbocycles. The maximum Gasteiger partial charge on any atom is 0.290 e. The van der Waals surface area contributed by atoms with Crippen molar-refractivity contribution >= 4 is 28.5 Å². The van der Waals surface area contributed by atoms with E-state index in [0.29, 0.717) is 30.1 Å². The summed E-state index contributed by atoms with van der Waals surface area (Å²) >= 11 is 6.20. The van der Waals surface area contributed by atoms with Crippen LogP contribution >= 0.6 is 11.6 Å². The minimum atomic E-state index is -0.659. The third kappa shape index (κ3) is 3.41. The lowest BCUT2D eigenvalue weighted by Crippen LogP contribution is -2.31. The number of nitrogens with zero attached hydrogens (tertiary/aromatic N) is 3. The Balaban J connectivity index is 1.61. The van der Waals surface area contributed by atoms with Crippen molar-refractivity contribution in [2.24, 2.45) is 0 Å². The van der Waals surface area contributed by atoms with Gasteiger partial charge in [0, 0.05) is 30.5 Å². The molecule has 0 radical (unpaired) electrons. The van der Waals surface area contributed by atoms with Crippen LogP contribution in [0.15, 0.2) is 70.4 Å². The predicted octanol–water partition coefficient (Wildman–Crippen LogP) is 4.42. The Morgan fingerprint density at radius 1 is 1.13 bits per heavy atom. The zero-order chi connectivity index (χ0) is 21.5. The SMILES string of the molecule is O=C1c2oc3ccc(F)cc3c(=O)c2C(c2cccc(Cl)c2)N1CCCn1ccnc1. The molecule has 0 fully saturated rings. The Kier molecular flexibility index (Phi) is 4.82. The molecule has 4 aromatic rings. The van der Waals surface area contributed by atoms with Crippen molar-refractivity contribution in [2.45, 2.75) is 19.0 Å². The molecular weight excluding hydrogens is 421 g/mol. The van der Waals surface area contributed by atoms with E-state index in [1.807, 2.05) is 16.8 Å². The number of hydrogen-bond donors (Lipinski definition) is 0. The maximum absolute atomic E-state index is 13.8. The molecule has 6 nitrogen and oxygen atoms in total. The number of carbonyl (C=O) groups is 1. The van der Waals surface area contributed by atoms with Gasteiger partial charge in [-0.25, -0.2) is 9.37 Å². The first-order chi connectivity index (χ1) is 15.0. The number of aryl methyl sites for hydroxylation is 1. The number of fused-ring (bicyclic) bond motifs is 2. The molecule has 8 heteroatoms. The molecule has 5 rings (SSSR count).